The number of carbonyl (C=O) groups is 2. The van der Waals surface area contributed by atoms with E-state index in [0.29, 0.717) is 15.6 Å². The zero-order valence-corrected chi connectivity index (χ0v) is 21.0. The summed E-state index contributed by atoms with van der Waals surface area (Å²) in [6, 6.07) is 19.2. The lowest BCUT2D eigenvalue weighted by atomic mass is 10.0. The Morgan fingerprint density at radius 1 is 0.943 bits per heavy atom. The first kappa shape index (κ1) is 26.5. The van der Waals surface area contributed by atoms with Gasteiger partial charge in [0.05, 0.1) is 0 Å². The van der Waals surface area contributed by atoms with Crippen molar-refractivity contribution in [2.75, 3.05) is 6.61 Å². The largest absolute Gasteiger partial charge is 0.481 e. The van der Waals surface area contributed by atoms with E-state index in [1.54, 1.807) is 24.3 Å². The first-order valence-corrected chi connectivity index (χ1v) is 12.0. The van der Waals surface area contributed by atoms with E-state index in [4.69, 9.17) is 27.9 Å². The van der Waals surface area contributed by atoms with Crippen LogP contribution in [0, 0.1) is 5.82 Å². The number of nitrogens with zero attached hydrogens (tertiary/aromatic N) is 1. The van der Waals surface area contributed by atoms with Crippen molar-refractivity contribution in [1.82, 2.24) is 10.2 Å². The lowest BCUT2D eigenvalue weighted by Gasteiger charge is -2.32. The number of halogens is 3. The van der Waals surface area contributed by atoms with Crippen molar-refractivity contribution in [2.45, 2.75) is 38.9 Å². The van der Waals surface area contributed by atoms with Gasteiger partial charge < -0.3 is 15.0 Å². The van der Waals surface area contributed by atoms with Crippen molar-refractivity contribution in [1.29, 1.82) is 0 Å². The monoisotopic (exact) mass is 516 g/mol. The Hall–Kier alpha value is -3.09. The molecule has 5 nitrogen and oxygen atoms in total. The molecule has 0 bridgehead atoms. The summed E-state index contributed by atoms with van der Waals surface area (Å²) in [6.45, 7) is 3.19. The Bertz CT molecular complexity index is 1140. The van der Waals surface area contributed by atoms with Crippen LogP contribution < -0.4 is 10.1 Å². The second kappa shape index (κ2) is 12.6. The fourth-order valence-corrected chi connectivity index (χ4v) is 4.09. The third-order valence-corrected chi connectivity index (χ3v) is 5.99. The highest BCUT2D eigenvalue weighted by Crippen LogP contribution is 2.27. The van der Waals surface area contributed by atoms with E-state index in [0.717, 1.165) is 5.56 Å². The number of rotatable bonds is 10. The van der Waals surface area contributed by atoms with Gasteiger partial charge in [-0.1, -0.05) is 71.7 Å². The molecule has 1 N–H and O–H groups in total. The van der Waals surface area contributed by atoms with Crippen LogP contribution in [0.25, 0.3) is 0 Å². The molecule has 184 valence electrons. The van der Waals surface area contributed by atoms with Crippen LogP contribution in [0.15, 0.2) is 72.8 Å². The van der Waals surface area contributed by atoms with Crippen LogP contribution in [-0.4, -0.2) is 35.4 Å². The quantitative estimate of drug-likeness (QED) is 0.377. The van der Waals surface area contributed by atoms with Gasteiger partial charge in [-0.05, 0) is 43.7 Å². The molecule has 0 aliphatic carbocycles. The minimum absolute atomic E-state index is 0.0268. The number of ether oxygens (including phenoxy) is 1. The average Bonchev–Trinajstić information content (AvgIpc) is 2.82. The predicted molar refractivity (Wildman–Crippen MR) is 136 cm³/mol. The molecule has 2 amide bonds. The molecule has 0 radical (unpaired) electrons. The number of para-hydroxylation sites is 1. The van der Waals surface area contributed by atoms with Crippen molar-refractivity contribution >= 4 is 35.0 Å². The molecule has 0 aromatic heterocycles. The van der Waals surface area contributed by atoms with Gasteiger partial charge in [0, 0.05) is 34.6 Å². The second-order valence-corrected chi connectivity index (χ2v) is 9.12. The summed E-state index contributed by atoms with van der Waals surface area (Å²) in [5.74, 6) is -1.47. The van der Waals surface area contributed by atoms with Gasteiger partial charge in [0.25, 0.3) is 5.91 Å². The van der Waals surface area contributed by atoms with Crippen molar-refractivity contribution in [3.05, 3.63) is 99.8 Å². The SMILES string of the molecule is CC(C)NC(=O)C(Cc1ccccc1)N(Cc1c(Cl)cccc1Cl)C(=O)COc1ccccc1F. The summed E-state index contributed by atoms with van der Waals surface area (Å²) < 4.78 is 19.5. The first-order valence-electron chi connectivity index (χ1n) is 11.2. The molecular formula is C27H27Cl2FN2O3. The molecule has 0 aliphatic heterocycles. The predicted octanol–water partition coefficient (Wildman–Crippen LogP) is 5.68. The fourth-order valence-electron chi connectivity index (χ4n) is 3.57. The molecule has 0 saturated carbocycles. The van der Waals surface area contributed by atoms with Gasteiger partial charge >= 0.3 is 0 Å². The smallest absolute Gasteiger partial charge is 0.261 e. The molecule has 0 fully saturated rings. The van der Waals surface area contributed by atoms with E-state index in [-0.39, 0.29) is 30.7 Å². The summed E-state index contributed by atoms with van der Waals surface area (Å²) in [6.07, 6.45) is 0.257. The fraction of sp³-hybridized carbons (Fsp3) is 0.259. The lowest BCUT2D eigenvalue weighted by molar-refractivity contribution is -0.143. The summed E-state index contributed by atoms with van der Waals surface area (Å²) in [7, 11) is 0. The first-order chi connectivity index (χ1) is 16.8. The average molecular weight is 517 g/mol. The van der Waals surface area contributed by atoms with Crippen LogP contribution in [0.5, 0.6) is 5.75 Å². The third-order valence-electron chi connectivity index (χ3n) is 5.28. The highest BCUT2D eigenvalue weighted by atomic mass is 35.5. The molecule has 8 heteroatoms. The molecule has 1 unspecified atom stereocenters. The van der Waals surface area contributed by atoms with Crippen molar-refractivity contribution in [3.8, 4) is 5.75 Å². The molecule has 0 heterocycles. The van der Waals surface area contributed by atoms with Gasteiger partial charge in [-0.2, -0.15) is 0 Å². The van der Waals surface area contributed by atoms with Gasteiger partial charge in [-0.3, -0.25) is 9.59 Å². The standard InChI is InChI=1S/C27H27Cl2FN2O3/c1-18(2)31-27(34)24(15-19-9-4-3-5-10-19)32(16-20-21(28)11-8-12-22(20)29)26(33)17-35-25-14-7-6-13-23(25)30/h3-14,18,24H,15-17H2,1-2H3,(H,31,34). The van der Waals surface area contributed by atoms with Gasteiger partial charge in [0.1, 0.15) is 6.04 Å². The Kier molecular flexibility index (Phi) is 9.52. The van der Waals surface area contributed by atoms with Gasteiger partial charge in [-0.15, -0.1) is 0 Å². The van der Waals surface area contributed by atoms with E-state index in [1.165, 1.54) is 23.1 Å². The Morgan fingerprint density at radius 3 is 2.20 bits per heavy atom. The van der Waals surface area contributed by atoms with E-state index < -0.39 is 24.4 Å². The molecule has 3 aromatic rings. The molecule has 1 atom stereocenters. The molecule has 0 saturated heterocycles. The van der Waals surface area contributed by atoms with Crippen LogP contribution in [-0.2, 0) is 22.6 Å². The molecular weight excluding hydrogens is 490 g/mol. The maximum atomic E-state index is 14.1. The van der Waals surface area contributed by atoms with E-state index in [1.807, 2.05) is 44.2 Å². The van der Waals surface area contributed by atoms with Crippen molar-refractivity contribution in [2.24, 2.45) is 0 Å². The maximum absolute atomic E-state index is 14.1. The van der Waals surface area contributed by atoms with Crippen LogP contribution >= 0.6 is 23.2 Å². The molecule has 3 aromatic carbocycles. The Balaban J connectivity index is 1.97. The molecule has 0 aliphatic rings. The molecule has 35 heavy (non-hydrogen) atoms. The highest BCUT2D eigenvalue weighted by Gasteiger charge is 2.32. The number of benzene rings is 3. The van der Waals surface area contributed by atoms with E-state index in [2.05, 4.69) is 5.32 Å². The van der Waals surface area contributed by atoms with Crippen molar-refractivity contribution < 1.29 is 18.7 Å². The second-order valence-electron chi connectivity index (χ2n) is 8.31. The van der Waals surface area contributed by atoms with Crippen LogP contribution in [0.1, 0.15) is 25.0 Å². The summed E-state index contributed by atoms with van der Waals surface area (Å²) >= 11 is 12.8. The lowest BCUT2D eigenvalue weighted by Crippen LogP contribution is -2.53. The number of nitrogens with one attached hydrogen (secondary N) is 1. The maximum Gasteiger partial charge on any atom is 0.261 e. The number of hydrogen-bond donors (Lipinski definition) is 1. The summed E-state index contributed by atoms with van der Waals surface area (Å²) in [4.78, 5) is 28.2. The zero-order valence-electron chi connectivity index (χ0n) is 19.5. The number of carbonyl (C=O) groups excluding carboxylic acids is 2. The van der Waals surface area contributed by atoms with Gasteiger partial charge in [-0.25, -0.2) is 4.39 Å². The van der Waals surface area contributed by atoms with E-state index >= 15 is 0 Å². The highest BCUT2D eigenvalue weighted by molar-refractivity contribution is 6.36. The number of hydrogen-bond acceptors (Lipinski definition) is 3. The van der Waals surface area contributed by atoms with Crippen molar-refractivity contribution in [3.63, 3.8) is 0 Å². The topological polar surface area (TPSA) is 58.6 Å². The summed E-state index contributed by atoms with van der Waals surface area (Å²) in [5, 5.41) is 3.63. The summed E-state index contributed by atoms with van der Waals surface area (Å²) in [5.41, 5.74) is 1.37. The molecule has 3 rings (SSSR count). The van der Waals surface area contributed by atoms with Gasteiger partial charge in [0.2, 0.25) is 5.91 Å². The number of amides is 2. The van der Waals surface area contributed by atoms with Crippen LogP contribution in [0.3, 0.4) is 0 Å². The Morgan fingerprint density at radius 2 is 1.57 bits per heavy atom. The molecule has 0 spiro atoms. The van der Waals surface area contributed by atoms with Crippen LogP contribution in [0.2, 0.25) is 10.0 Å². The third kappa shape index (κ3) is 7.44. The zero-order chi connectivity index (χ0) is 25.4. The minimum Gasteiger partial charge on any atom is -0.481 e. The van der Waals surface area contributed by atoms with Crippen LogP contribution in [0.4, 0.5) is 4.39 Å². The van der Waals surface area contributed by atoms with Gasteiger partial charge in [0.15, 0.2) is 18.2 Å². The van der Waals surface area contributed by atoms with E-state index in [9.17, 15) is 14.0 Å². The Labute approximate surface area is 214 Å². The minimum atomic E-state index is -0.885. The normalized spacial score (nSPS) is 11.7.